The first-order valence-electron chi connectivity index (χ1n) is 6.13. The van der Waals surface area contributed by atoms with E-state index >= 15 is 0 Å². The van der Waals surface area contributed by atoms with E-state index in [-0.39, 0.29) is 6.10 Å². The summed E-state index contributed by atoms with van der Waals surface area (Å²) in [5, 5.41) is 9.83. The Bertz CT molecular complexity index is 131. The topological polar surface area (TPSA) is 20.2 Å². The van der Waals surface area contributed by atoms with Crippen molar-refractivity contribution >= 4 is 0 Å². The molecule has 3 atom stereocenters. The predicted octanol–water partition coefficient (Wildman–Crippen LogP) is 3.86. The molecule has 0 spiro atoms. The average Bonchev–Trinajstić information content (AvgIpc) is 2.01. The molecule has 86 valence electrons. The van der Waals surface area contributed by atoms with Gasteiger partial charge in [0.05, 0.1) is 6.10 Å². The molecule has 1 nitrogen and oxygen atoms in total. The molecule has 0 saturated heterocycles. The van der Waals surface area contributed by atoms with Crippen molar-refractivity contribution in [2.24, 2.45) is 17.8 Å². The second kappa shape index (κ2) is 7.28. The Balaban J connectivity index is 3.65. The van der Waals surface area contributed by atoms with Gasteiger partial charge >= 0.3 is 0 Å². The van der Waals surface area contributed by atoms with Gasteiger partial charge in [-0.1, -0.05) is 41.0 Å². The summed E-state index contributed by atoms with van der Waals surface area (Å²) in [5.41, 5.74) is 0. The zero-order valence-electron chi connectivity index (χ0n) is 10.6. The zero-order valence-corrected chi connectivity index (χ0v) is 10.6. The summed E-state index contributed by atoms with van der Waals surface area (Å²) in [4.78, 5) is 0. The number of hydrogen-bond donors (Lipinski definition) is 1. The highest BCUT2D eigenvalue weighted by Crippen LogP contribution is 2.20. The van der Waals surface area contributed by atoms with E-state index in [1.165, 1.54) is 12.8 Å². The van der Waals surface area contributed by atoms with Crippen molar-refractivity contribution in [3.8, 4) is 0 Å². The minimum atomic E-state index is -0.0845. The molecule has 3 unspecified atom stereocenters. The maximum absolute atomic E-state index is 9.83. The molecule has 0 amide bonds. The highest BCUT2D eigenvalue weighted by molar-refractivity contribution is 4.65. The van der Waals surface area contributed by atoms with Crippen LogP contribution in [0.3, 0.4) is 0 Å². The molecule has 0 fully saturated rings. The van der Waals surface area contributed by atoms with Crippen molar-refractivity contribution in [1.82, 2.24) is 0 Å². The minimum absolute atomic E-state index is 0.0845. The second-order valence-electron chi connectivity index (χ2n) is 5.37. The van der Waals surface area contributed by atoms with Crippen LogP contribution in [0, 0.1) is 17.8 Å². The van der Waals surface area contributed by atoms with Crippen molar-refractivity contribution in [2.75, 3.05) is 0 Å². The van der Waals surface area contributed by atoms with E-state index in [0.29, 0.717) is 11.8 Å². The van der Waals surface area contributed by atoms with Gasteiger partial charge in [0.2, 0.25) is 0 Å². The monoisotopic (exact) mass is 200 g/mol. The standard InChI is InChI=1S/C13H28O/c1-6-11(4)8-13(14)9-12(5)7-10(2)3/h10-14H,6-9H2,1-5H3. The summed E-state index contributed by atoms with van der Waals surface area (Å²) in [6, 6.07) is 0. The zero-order chi connectivity index (χ0) is 11.1. The van der Waals surface area contributed by atoms with Crippen LogP contribution in [0.4, 0.5) is 0 Å². The Labute approximate surface area is 89.9 Å². The van der Waals surface area contributed by atoms with E-state index in [0.717, 1.165) is 18.8 Å². The van der Waals surface area contributed by atoms with Crippen LogP contribution in [0.5, 0.6) is 0 Å². The lowest BCUT2D eigenvalue weighted by atomic mass is 9.90. The van der Waals surface area contributed by atoms with E-state index in [4.69, 9.17) is 0 Å². The fourth-order valence-corrected chi connectivity index (χ4v) is 2.09. The smallest absolute Gasteiger partial charge is 0.0545 e. The third kappa shape index (κ3) is 7.37. The van der Waals surface area contributed by atoms with E-state index in [2.05, 4.69) is 34.6 Å². The SMILES string of the molecule is CCC(C)CC(O)CC(C)CC(C)C. The van der Waals surface area contributed by atoms with Gasteiger partial charge in [-0.05, 0) is 37.0 Å². The molecule has 0 radical (unpaired) electrons. The number of aliphatic hydroxyl groups excluding tert-OH is 1. The molecule has 0 rings (SSSR count). The van der Waals surface area contributed by atoms with Crippen LogP contribution in [0.25, 0.3) is 0 Å². The summed E-state index contributed by atoms with van der Waals surface area (Å²) in [6.07, 6.45) is 4.27. The molecule has 0 aliphatic rings. The van der Waals surface area contributed by atoms with Crippen molar-refractivity contribution in [2.45, 2.75) is 66.4 Å². The van der Waals surface area contributed by atoms with Gasteiger partial charge in [0, 0.05) is 0 Å². The van der Waals surface area contributed by atoms with Crippen molar-refractivity contribution in [3.05, 3.63) is 0 Å². The molecule has 14 heavy (non-hydrogen) atoms. The summed E-state index contributed by atoms with van der Waals surface area (Å²) in [6.45, 7) is 11.2. The Kier molecular flexibility index (Phi) is 7.26. The van der Waals surface area contributed by atoms with E-state index < -0.39 is 0 Å². The highest BCUT2D eigenvalue weighted by atomic mass is 16.3. The molecular weight excluding hydrogens is 172 g/mol. The van der Waals surface area contributed by atoms with Crippen LogP contribution in [0.2, 0.25) is 0 Å². The summed E-state index contributed by atoms with van der Waals surface area (Å²) in [7, 11) is 0. The van der Waals surface area contributed by atoms with Gasteiger partial charge in [-0.3, -0.25) is 0 Å². The van der Waals surface area contributed by atoms with E-state index in [9.17, 15) is 5.11 Å². The summed E-state index contributed by atoms with van der Waals surface area (Å²) in [5.74, 6) is 2.08. The minimum Gasteiger partial charge on any atom is -0.393 e. The molecule has 0 saturated carbocycles. The van der Waals surface area contributed by atoms with E-state index in [1.807, 2.05) is 0 Å². The van der Waals surface area contributed by atoms with Crippen LogP contribution in [0.15, 0.2) is 0 Å². The lowest BCUT2D eigenvalue weighted by Crippen LogP contribution is -2.16. The lowest BCUT2D eigenvalue weighted by Gasteiger charge is -2.20. The van der Waals surface area contributed by atoms with Gasteiger partial charge < -0.3 is 5.11 Å². The van der Waals surface area contributed by atoms with Gasteiger partial charge in [0.25, 0.3) is 0 Å². The Hall–Kier alpha value is -0.0400. The van der Waals surface area contributed by atoms with Gasteiger partial charge in [0.15, 0.2) is 0 Å². The quantitative estimate of drug-likeness (QED) is 0.661. The molecule has 0 aromatic heterocycles. The first kappa shape index (κ1) is 14.0. The fourth-order valence-electron chi connectivity index (χ4n) is 2.09. The molecule has 0 bridgehead atoms. The Morgan fingerprint density at radius 1 is 0.857 bits per heavy atom. The Morgan fingerprint density at radius 2 is 1.36 bits per heavy atom. The van der Waals surface area contributed by atoms with Gasteiger partial charge in [-0.15, -0.1) is 0 Å². The maximum Gasteiger partial charge on any atom is 0.0545 e. The van der Waals surface area contributed by atoms with Gasteiger partial charge in [0.1, 0.15) is 0 Å². The first-order chi connectivity index (χ1) is 6.45. The van der Waals surface area contributed by atoms with E-state index in [1.54, 1.807) is 0 Å². The van der Waals surface area contributed by atoms with Crippen LogP contribution >= 0.6 is 0 Å². The Morgan fingerprint density at radius 3 is 1.79 bits per heavy atom. The molecule has 0 aromatic rings. The fraction of sp³-hybridized carbons (Fsp3) is 1.00. The molecular formula is C13H28O. The number of hydrogen-bond acceptors (Lipinski definition) is 1. The van der Waals surface area contributed by atoms with Crippen molar-refractivity contribution < 1.29 is 5.11 Å². The van der Waals surface area contributed by atoms with Crippen molar-refractivity contribution in [3.63, 3.8) is 0 Å². The first-order valence-corrected chi connectivity index (χ1v) is 6.13. The molecule has 0 aliphatic heterocycles. The van der Waals surface area contributed by atoms with Crippen molar-refractivity contribution in [1.29, 1.82) is 0 Å². The summed E-state index contributed by atoms with van der Waals surface area (Å²) < 4.78 is 0. The maximum atomic E-state index is 9.83. The normalized spacial score (nSPS) is 18.2. The van der Waals surface area contributed by atoms with Crippen LogP contribution in [0.1, 0.15) is 60.3 Å². The molecule has 1 heteroatoms. The lowest BCUT2D eigenvalue weighted by molar-refractivity contribution is 0.114. The third-order valence-electron chi connectivity index (χ3n) is 2.92. The predicted molar refractivity (Wildman–Crippen MR) is 63.3 cm³/mol. The number of aliphatic hydroxyl groups is 1. The number of rotatable bonds is 7. The van der Waals surface area contributed by atoms with Gasteiger partial charge in [-0.25, -0.2) is 0 Å². The summed E-state index contributed by atoms with van der Waals surface area (Å²) >= 11 is 0. The van der Waals surface area contributed by atoms with Crippen LogP contribution < -0.4 is 0 Å². The molecule has 0 aliphatic carbocycles. The average molecular weight is 200 g/mol. The van der Waals surface area contributed by atoms with Crippen LogP contribution in [-0.4, -0.2) is 11.2 Å². The highest BCUT2D eigenvalue weighted by Gasteiger charge is 2.13. The van der Waals surface area contributed by atoms with Crippen LogP contribution in [-0.2, 0) is 0 Å². The second-order valence-corrected chi connectivity index (χ2v) is 5.37. The molecule has 0 heterocycles. The third-order valence-corrected chi connectivity index (χ3v) is 2.92. The molecule has 1 N–H and O–H groups in total. The van der Waals surface area contributed by atoms with Gasteiger partial charge in [-0.2, -0.15) is 0 Å². The molecule has 0 aromatic carbocycles. The largest absolute Gasteiger partial charge is 0.393 e.